The van der Waals surface area contributed by atoms with Crippen molar-refractivity contribution in [1.29, 1.82) is 0 Å². The molecule has 0 fully saturated rings. The Morgan fingerprint density at radius 2 is 2.03 bits per heavy atom. The van der Waals surface area contributed by atoms with Gasteiger partial charge in [-0.15, -0.1) is 11.3 Å². The summed E-state index contributed by atoms with van der Waals surface area (Å²) in [5.74, 6) is 1.16. The fourth-order valence-corrected chi connectivity index (χ4v) is 4.82. The molecule has 7 nitrogen and oxygen atoms in total. The van der Waals surface area contributed by atoms with Gasteiger partial charge in [-0.3, -0.25) is 9.59 Å². The molecule has 32 heavy (non-hydrogen) atoms. The van der Waals surface area contributed by atoms with Crippen LogP contribution in [0.4, 0.5) is 0 Å². The van der Waals surface area contributed by atoms with Crippen molar-refractivity contribution < 1.29 is 23.8 Å². The normalized spacial score (nSPS) is 16.2. The zero-order valence-electron chi connectivity index (χ0n) is 19.2. The Morgan fingerprint density at radius 3 is 2.75 bits per heavy atom. The van der Waals surface area contributed by atoms with Crippen LogP contribution < -0.4 is 9.47 Å². The van der Waals surface area contributed by atoms with Gasteiger partial charge in [0, 0.05) is 30.6 Å². The Hall–Kier alpha value is -2.58. The van der Waals surface area contributed by atoms with Crippen molar-refractivity contribution in [2.24, 2.45) is 0 Å². The number of fused-ring (bicyclic) bond motifs is 1. The summed E-state index contributed by atoms with van der Waals surface area (Å²) in [6, 6.07) is 9.26. The van der Waals surface area contributed by atoms with Gasteiger partial charge >= 0.3 is 0 Å². The zero-order valence-corrected chi connectivity index (χ0v) is 20.0. The topological polar surface area (TPSA) is 68.3 Å². The van der Waals surface area contributed by atoms with E-state index in [0.29, 0.717) is 18.9 Å². The summed E-state index contributed by atoms with van der Waals surface area (Å²) in [7, 11) is 3.11. The Balaban J connectivity index is 1.78. The van der Waals surface area contributed by atoms with Crippen molar-refractivity contribution >= 4 is 23.2 Å². The van der Waals surface area contributed by atoms with Crippen molar-refractivity contribution in [3.8, 4) is 11.5 Å². The van der Waals surface area contributed by atoms with Gasteiger partial charge in [-0.2, -0.15) is 0 Å². The SMILES string of the molecule is CC[C@@H](C)N(CC(=O)N1CCc2sccc2[C@@H]1COc1cccc(OC)c1)C(=O)COC. The van der Waals surface area contributed by atoms with E-state index in [-0.39, 0.29) is 37.0 Å². The lowest BCUT2D eigenvalue weighted by atomic mass is 10.00. The second-order valence-electron chi connectivity index (χ2n) is 7.85. The number of benzene rings is 1. The minimum absolute atomic E-state index is 0.0331. The molecule has 0 spiro atoms. The van der Waals surface area contributed by atoms with Crippen LogP contribution in [0.15, 0.2) is 35.7 Å². The van der Waals surface area contributed by atoms with Crippen molar-refractivity contribution in [3.63, 3.8) is 0 Å². The molecular weight excluding hydrogens is 428 g/mol. The van der Waals surface area contributed by atoms with Gasteiger partial charge in [0.15, 0.2) is 0 Å². The molecule has 2 aromatic rings. The average Bonchev–Trinajstić information content (AvgIpc) is 3.29. The highest BCUT2D eigenvalue weighted by molar-refractivity contribution is 7.10. The first-order valence-corrected chi connectivity index (χ1v) is 11.8. The lowest BCUT2D eigenvalue weighted by Gasteiger charge is -2.38. The molecule has 1 aliphatic heterocycles. The van der Waals surface area contributed by atoms with Crippen LogP contribution in [0, 0.1) is 0 Å². The van der Waals surface area contributed by atoms with E-state index in [2.05, 4.69) is 11.4 Å². The maximum atomic E-state index is 13.4. The molecule has 2 amide bonds. The molecule has 0 aliphatic carbocycles. The monoisotopic (exact) mass is 460 g/mol. The Kier molecular flexibility index (Phi) is 8.53. The molecule has 0 saturated heterocycles. The molecule has 0 saturated carbocycles. The summed E-state index contributed by atoms with van der Waals surface area (Å²) >= 11 is 1.71. The highest BCUT2D eigenvalue weighted by Crippen LogP contribution is 2.34. The number of rotatable bonds is 10. The van der Waals surface area contributed by atoms with Crippen molar-refractivity contribution in [2.45, 2.75) is 38.8 Å². The number of carbonyl (C=O) groups is 2. The standard InChI is InChI=1S/C24H32N2O5S/c1-5-17(2)26(24(28)16-29-3)14-23(27)25-11-9-22-20(10-12-32-22)21(25)15-31-19-8-6-7-18(13-19)30-4/h6-8,10,12-13,17,21H,5,9,11,14-16H2,1-4H3/t17-,21+/m1/s1. The van der Waals surface area contributed by atoms with Gasteiger partial charge in [0.1, 0.15) is 31.3 Å². The van der Waals surface area contributed by atoms with Crippen LogP contribution in [-0.4, -0.2) is 68.2 Å². The van der Waals surface area contributed by atoms with Crippen LogP contribution in [0.2, 0.25) is 0 Å². The highest BCUT2D eigenvalue weighted by Gasteiger charge is 2.34. The maximum absolute atomic E-state index is 13.4. The van der Waals surface area contributed by atoms with E-state index in [0.717, 1.165) is 24.2 Å². The molecule has 0 radical (unpaired) electrons. The Morgan fingerprint density at radius 1 is 1.25 bits per heavy atom. The summed E-state index contributed by atoms with van der Waals surface area (Å²) in [5, 5.41) is 2.06. The van der Waals surface area contributed by atoms with Crippen molar-refractivity contribution in [3.05, 3.63) is 46.2 Å². The average molecular weight is 461 g/mol. The third-order valence-electron chi connectivity index (χ3n) is 5.88. The third-order valence-corrected chi connectivity index (χ3v) is 6.88. The molecule has 174 valence electrons. The van der Waals surface area contributed by atoms with E-state index in [9.17, 15) is 9.59 Å². The largest absolute Gasteiger partial charge is 0.497 e. The minimum atomic E-state index is -0.208. The molecule has 1 aromatic carbocycles. The number of thiophene rings is 1. The van der Waals surface area contributed by atoms with E-state index in [4.69, 9.17) is 14.2 Å². The van der Waals surface area contributed by atoms with Crippen molar-refractivity contribution in [1.82, 2.24) is 9.80 Å². The van der Waals surface area contributed by atoms with Gasteiger partial charge in [0.25, 0.3) is 0 Å². The minimum Gasteiger partial charge on any atom is -0.497 e. The molecular formula is C24H32N2O5S. The summed E-state index contributed by atoms with van der Waals surface area (Å²) in [6.07, 6.45) is 1.57. The van der Waals surface area contributed by atoms with Crippen molar-refractivity contribution in [2.75, 3.05) is 40.5 Å². The number of nitrogens with zero attached hydrogens (tertiary/aromatic N) is 2. The first kappa shape index (κ1) is 24.1. The number of hydrogen-bond donors (Lipinski definition) is 0. The quantitative estimate of drug-likeness (QED) is 0.543. The lowest BCUT2D eigenvalue weighted by molar-refractivity contribution is -0.146. The second-order valence-corrected chi connectivity index (χ2v) is 8.85. The van der Waals surface area contributed by atoms with Gasteiger partial charge in [-0.05, 0) is 48.9 Å². The summed E-state index contributed by atoms with van der Waals surface area (Å²) in [5.41, 5.74) is 1.12. The van der Waals surface area contributed by atoms with E-state index < -0.39 is 0 Å². The van der Waals surface area contributed by atoms with Gasteiger partial charge in [0.05, 0.1) is 13.2 Å². The molecule has 0 unspecified atom stereocenters. The first-order chi connectivity index (χ1) is 15.5. The maximum Gasteiger partial charge on any atom is 0.249 e. The van der Waals surface area contributed by atoms with Crippen LogP contribution in [0.1, 0.15) is 36.8 Å². The lowest BCUT2D eigenvalue weighted by Crippen LogP contribution is -2.50. The Bertz CT molecular complexity index is 915. The Labute approximate surface area is 193 Å². The molecule has 2 atom stereocenters. The van der Waals surface area contributed by atoms with Crippen LogP contribution in [0.3, 0.4) is 0 Å². The van der Waals surface area contributed by atoms with Crippen LogP contribution in [-0.2, 0) is 20.7 Å². The fraction of sp³-hybridized carbons (Fsp3) is 0.500. The van der Waals surface area contributed by atoms with Gasteiger partial charge in [0.2, 0.25) is 11.8 Å². The summed E-state index contributed by atoms with van der Waals surface area (Å²) in [6.45, 7) is 4.90. The van der Waals surface area contributed by atoms with E-state index in [1.54, 1.807) is 23.3 Å². The molecule has 0 bridgehead atoms. The number of carbonyl (C=O) groups excluding carboxylic acids is 2. The predicted molar refractivity (Wildman–Crippen MR) is 124 cm³/mol. The zero-order chi connectivity index (χ0) is 23.1. The smallest absolute Gasteiger partial charge is 0.249 e. The van der Waals surface area contributed by atoms with E-state index in [1.165, 1.54) is 12.0 Å². The number of methoxy groups -OCH3 is 2. The summed E-state index contributed by atoms with van der Waals surface area (Å²) in [4.78, 5) is 30.7. The van der Waals surface area contributed by atoms with E-state index >= 15 is 0 Å². The number of ether oxygens (including phenoxy) is 3. The van der Waals surface area contributed by atoms with Gasteiger partial charge < -0.3 is 24.0 Å². The molecule has 3 rings (SSSR count). The first-order valence-electron chi connectivity index (χ1n) is 10.9. The van der Waals surface area contributed by atoms with Gasteiger partial charge in [-0.25, -0.2) is 0 Å². The molecule has 0 N–H and O–H groups in total. The van der Waals surface area contributed by atoms with Gasteiger partial charge in [-0.1, -0.05) is 13.0 Å². The fourth-order valence-electron chi connectivity index (χ4n) is 3.89. The number of amides is 2. The predicted octanol–water partition coefficient (Wildman–Crippen LogP) is 3.54. The van der Waals surface area contributed by atoms with E-state index in [1.807, 2.05) is 43.0 Å². The number of hydrogen-bond acceptors (Lipinski definition) is 6. The molecule has 1 aromatic heterocycles. The van der Waals surface area contributed by atoms with Crippen LogP contribution >= 0.6 is 11.3 Å². The molecule has 8 heteroatoms. The highest BCUT2D eigenvalue weighted by atomic mass is 32.1. The van der Waals surface area contributed by atoms with Crippen LogP contribution in [0.5, 0.6) is 11.5 Å². The van der Waals surface area contributed by atoms with Crippen LogP contribution in [0.25, 0.3) is 0 Å². The summed E-state index contributed by atoms with van der Waals surface area (Å²) < 4.78 is 16.4. The molecule has 2 heterocycles. The molecule has 1 aliphatic rings. The second kappa shape index (κ2) is 11.3. The third kappa shape index (κ3) is 5.61.